The topological polar surface area (TPSA) is 54.0 Å². The van der Waals surface area contributed by atoms with Crippen LogP contribution < -0.4 is 5.32 Å². The van der Waals surface area contributed by atoms with Crippen LogP contribution in [-0.4, -0.2) is 53.4 Å². The fourth-order valence-corrected chi connectivity index (χ4v) is 7.03. The summed E-state index contributed by atoms with van der Waals surface area (Å²) >= 11 is 0. The van der Waals surface area contributed by atoms with Crippen molar-refractivity contribution in [2.45, 2.75) is 85.3 Å². The summed E-state index contributed by atoms with van der Waals surface area (Å²) in [6, 6.07) is 10.1. The number of nitrogens with zero attached hydrogens (tertiary/aromatic N) is 2. The Morgan fingerprint density at radius 1 is 1.10 bits per heavy atom. The molecule has 0 radical (unpaired) electrons. The summed E-state index contributed by atoms with van der Waals surface area (Å²) in [6.07, 6.45) is 1.23. The minimum Gasteiger partial charge on any atom is -0.360 e. The predicted molar refractivity (Wildman–Crippen MR) is 125 cm³/mol. The zero-order valence-electron chi connectivity index (χ0n) is 19.9. The van der Waals surface area contributed by atoms with Crippen LogP contribution in [0.5, 0.6) is 0 Å². The molecule has 172 valence electrons. The molecule has 0 spiro atoms. The third kappa shape index (κ3) is 6.38. The molecule has 1 fully saturated rings. The highest BCUT2D eigenvalue weighted by Gasteiger charge is 2.40. The van der Waals surface area contributed by atoms with Crippen molar-refractivity contribution in [1.29, 1.82) is 0 Å². The molecule has 0 saturated carbocycles. The summed E-state index contributed by atoms with van der Waals surface area (Å²) in [5.41, 5.74) is 1.02. The first-order valence-electron chi connectivity index (χ1n) is 11.5. The van der Waals surface area contributed by atoms with E-state index in [-0.39, 0.29) is 24.0 Å². The average Bonchev–Trinajstić information content (AvgIpc) is 2.68. The van der Waals surface area contributed by atoms with Gasteiger partial charge in [0.2, 0.25) is 0 Å². The summed E-state index contributed by atoms with van der Waals surface area (Å²) in [5, 5.41) is 3.60. The number of ether oxygens (including phenoxy) is 1. The van der Waals surface area contributed by atoms with Crippen molar-refractivity contribution in [3.63, 3.8) is 0 Å². The van der Waals surface area contributed by atoms with E-state index in [1.54, 1.807) is 0 Å². The smallest absolute Gasteiger partial charge is 0.346 e. The van der Waals surface area contributed by atoms with Gasteiger partial charge in [-0.15, -0.1) is 0 Å². The van der Waals surface area contributed by atoms with Crippen LogP contribution in [0.4, 0.5) is 0 Å². The van der Waals surface area contributed by atoms with Crippen molar-refractivity contribution in [3.8, 4) is 0 Å². The molecule has 1 aliphatic heterocycles. The van der Waals surface area contributed by atoms with E-state index in [0.29, 0.717) is 32.6 Å². The highest BCUT2D eigenvalue weighted by atomic mass is 31.2. The number of hydrogen-bond acceptors (Lipinski definition) is 4. The van der Waals surface area contributed by atoms with Gasteiger partial charge in [0.05, 0.1) is 12.2 Å². The van der Waals surface area contributed by atoms with Crippen LogP contribution in [0.25, 0.3) is 0 Å². The fourth-order valence-electron chi connectivity index (χ4n) is 4.43. The van der Waals surface area contributed by atoms with E-state index in [9.17, 15) is 4.57 Å². The van der Waals surface area contributed by atoms with Crippen LogP contribution in [0.3, 0.4) is 0 Å². The Kier molecular flexibility index (Phi) is 9.54. The second-order valence-electron chi connectivity index (χ2n) is 8.68. The summed E-state index contributed by atoms with van der Waals surface area (Å²) < 4.78 is 31.1. The van der Waals surface area contributed by atoms with Gasteiger partial charge in [0.15, 0.2) is 0 Å². The molecule has 0 bridgehead atoms. The zero-order chi connectivity index (χ0) is 22.4. The van der Waals surface area contributed by atoms with Crippen molar-refractivity contribution in [2.24, 2.45) is 0 Å². The molecule has 1 aromatic rings. The normalized spacial score (nSPS) is 23.1. The molecule has 30 heavy (non-hydrogen) atoms. The van der Waals surface area contributed by atoms with Crippen molar-refractivity contribution < 1.29 is 13.8 Å². The first-order chi connectivity index (χ1) is 14.2. The van der Waals surface area contributed by atoms with Crippen LogP contribution >= 0.6 is 7.67 Å². The van der Waals surface area contributed by atoms with Crippen LogP contribution in [0.15, 0.2) is 30.3 Å². The Bertz CT molecular complexity index is 662. The van der Waals surface area contributed by atoms with E-state index < -0.39 is 7.67 Å². The molecular formula is C23H42N3O3P. The largest absolute Gasteiger partial charge is 0.360 e. The van der Waals surface area contributed by atoms with Crippen LogP contribution in [0, 0.1) is 0 Å². The van der Waals surface area contributed by atoms with Gasteiger partial charge in [0.1, 0.15) is 6.23 Å². The van der Waals surface area contributed by atoms with Crippen LogP contribution in [0.1, 0.15) is 73.0 Å². The monoisotopic (exact) mass is 439 g/mol. The quantitative estimate of drug-likeness (QED) is 0.464. The molecule has 1 aromatic carbocycles. The predicted octanol–water partition coefficient (Wildman–Crippen LogP) is 5.43. The maximum Gasteiger partial charge on any atom is 0.346 e. The second-order valence-corrected chi connectivity index (χ2v) is 11.0. The summed E-state index contributed by atoms with van der Waals surface area (Å²) in [4.78, 5) is 0. The van der Waals surface area contributed by atoms with E-state index in [1.807, 2.05) is 55.2 Å². The van der Waals surface area contributed by atoms with Gasteiger partial charge in [-0.3, -0.25) is 14.4 Å². The molecule has 1 aliphatic rings. The first kappa shape index (κ1) is 25.5. The van der Waals surface area contributed by atoms with Crippen molar-refractivity contribution in [3.05, 3.63) is 35.9 Å². The molecule has 3 atom stereocenters. The molecule has 2 rings (SSSR count). The van der Waals surface area contributed by atoms with Crippen LogP contribution in [0.2, 0.25) is 0 Å². The van der Waals surface area contributed by atoms with Crippen LogP contribution in [-0.2, 0) is 13.8 Å². The van der Waals surface area contributed by atoms with Gasteiger partial charge in [-0.2, -0.15) is 0 Å². The molecule has 1 N–H and O–H groups in total. The fraction of sp³-hybridized carbons (Fsp3) is 0.739. The highest BCUT2D eigenvalue weighted by Crippen LogP contribution is 2.57. The van der Waals surface area contributed by atoms with E-state index in [1.165, 1.54) is 0 Å². The second kappa shape index (κ2) is 11.2. The van der Waals surface area contributed by atoms with Crippen molar-refractivity contribution in [2.75, 3.05) is 26.2 Å². The lowest BCUT2D eigenvalue weighted by atomic mass is 9.94. The average molecular weight is 440 g/mol. The number of hydrogen-bond donors (Lipinski definition) is 1. The Labute approximate surface area is 183 Å². The molecule has 6 nitrogen and oxygen atoms in total. The van der Waals surface area contributed by atoms with Gasteiger partial charge in [-0.05, 0) is 32.8 Å². The van der Waals surface area contributed by atoms with Gasteiger partial charge < -0.3 is 4.74 Å². The number of rotatable bonds is 11. The van der Waals surface area contributed by atoms with Gasteiger partial charge in [0.25, 0.3) is 0 Å². The minimum absolute atomic E-state index is 0.00892. The Morgan fingerprint density at radius 2 is 1.63 bits per heavy atom. The Morgan fingerprint density at radius 3 is 2.10 bits per heavy atom. The lowest BCUT2D eigenvalue weighted by Crippen LogP contribution is -2.55. The van der Waals surface area contributed by atoms with Gasteiger partial charge >= 0.3 is 7.67 Å². The highest BCUT2D eigenvalue weighted by molar-refractivity contribution is 7.54. The molecular weight excluding hydrogens is 397 g/mol. The standard InChI is InChI=1S/C23H42N3O3P/c1-8-25(9-2)30(27,26(10-3)11-4)29-21(20-15-13-12-14-16-20)17-22-24-23(6,7)18-19(5)28-22/h12-16,19,21-22,24H,8-11,17-18H2,1-7H3. The summed E-state index contributed by atoms with van der Waals surface area (Å²) in [7, 11) is -3.19. The maximum atomic E-state index is 14.3. The molecule has 0 aromatic heterocycles. The molecule has 1 saturated heterocycles. The number of nitrogens with one attached hydrogen (secondary N) is 1. The molecule has 3 unspecified atom stereocenters. The van der Waals surface area contributed by atoms with E-state index in [4.69, 9.17) is 9.26 Å². The lowest BCUT2D eigenvalue weighted by Gasteiger charge is -2.43. The van der Waals surface area contributed by atoms with E-state index >= 15 is 0 Å². The van der Waals surface area contributed by atoms with Gasteiger partial charge in [-0.1, -0.05) is 58.0 Å². The third-order valence-corrected chi connectivity index (χ3v) is 8.88. The molecule has 0 amide bonds. The molecule has 0 aliphatic carbocycles. The minimum atomic E-state index is -3.19. The summed E-state index contributed by atoms with van der Waals surface area (Å²) in [6.45, 7) is 17.4. The van der Waals surface area contributed by atoms with Crippen molar-refractivity contribution >= 4 is 7.67 Å². The lowest BCUT2D eigenvalue weighted by molar-refractivity contribution is -0.102. The van der Waals surface area contributed by atoms with E-state index in [2.05, 4.69) is 38.2 Å². The Balaban J connectivity index is 2.37. The van der Waals surface area contributed by atoms with Gasteiger partial charge in [-0.25, -0.2) is 9.34 Å². The maximum absolute atomic E-state index is 14.3. The van der Waals surface area contributed by atoms with E-state index in [0.717, 1.165) is 12.0 Å². The van der Waals surface area contributed by atoms with Crippen molar-refractivity contribution in [1.82, 2.24) is 14.7 Å². The Hall–Kier alpha value is -0.750. The number of benzene rings is 1. The summed E-state index contributed by atoms with van der Waals surface area (Å²) in [5.74, 6) is 0. The zero-order valence-corrected chi connectivity index (χ0v) is 20.8. The van der Waals surface area contributed by atoms with Gasteiger partial charge in [0, 0.05) is 38.1 Å². The molecule has 1 heterocycles. The first-order valence-corrected chi connectivity index (χ1v) is 13.0. The molecule has 7 heteroatoms. The SMILES string of the molecule is CCN(CC)P(=O)(OC(CC1NC(C)(C)CC(C)O1)c1ccccc1)N(CC)CC. The third-order valence-electron chi connectivity index (χ3n) is 5.79.